The van der Waals surface area contributed by atoms with Crippen LogP contribution in [0.3, 0.4) is 0 Å². The Kier molecular flexibility index (Phi) is 4.41. The van der Waals surface area contributed by atoms with Gasteiger partial charge in [0.25, 0.3) is 0 Å². The summed E-state index contributed by atoms with van der Waals surface area (Å²) in [6.45, 7) is 0. The minimum absolute atomic E-state index is 0.225. The number of rotatable bonds is 5. The maximum atomic E-state index is 12.8. The smallest absolute Gasteiger partial charge is 0.349 e. The van der Waals surface area contributed by atoms with Crippen LogP contribution in [0.1, 0.15) is 36.8 Å². The highest BCUT2D eigenvalue weighted by Crippen LogP contribution is 2.44. The lowest BCUT2D eigenvalue weighted by atomic mass is 10.1. The fraction of sp³-hybridized carbons (Fsp3) is 0.471. The van der Waals surface area contributed by atoms with Gasteiger partial charge in [-0.15, -0.1) is 0 Å². The first kappa shape index (κ1) is 16.4. The van der Waals surface area contributed by atoms with Crippen molar-refractivity contribution in [2.24, 2.45) is 11.8 Å². The number of nitrogens with one attached hydrogen (secondary N) is 1. The first-order chi connectivity index (χ1) is 10.8. The summed E-state index contributed by atoms with van der Waals surface area (Å²) in [6, 6.07) is 3.83. The molecule has 2 aliphatic carbocycles. The van der Waals surface area contributed by atoms with Crippen molar-refractivity contribution in [3.63, 3.8) is 0 Å². The summed E-state index contributed by atoms with van der Waals surface area (Å²) in [5, 5.41) is 2.65. The SMILES string of the molecule is O=C(/C=C/c1ccc(Cl)c(C(F)(F)F)c1)NC(C1CC1)C1CC1. The fourth-order valence-electron chi connectivity index (χ4n) is 2.78. The predicted octanol–water partition coefficient (Wildman–Crippen LogP) is 4.68. The molecular weight excluding hydrogens is 327 g/mol. The van der Waals surface area contributed by atoms with Crippen molar-refractivity contribution in [3.8, 4) is 0 Å². The second-order valence-corrected chi connectivity index (χ2v) is 6.69. The van der Waals surface area contributed by atoms with Crippen LogP contribution in [-0.4, -0.2) is 11.9 Å². The van der Waals surface area contributed by atoms with E-state index in [9.17, 15) is 18.0 Å². The lowest BCUT2D eigenvalue weighted by Crippen LogP contribution is -2.37. The molecule has 1 aromatic carbocycles. The molecule has 0 radical (unpaired) electrons. The molecule has 2 saturated carbocycles. The molecule has 2 aliphatic rings. The normalized spacial score (nSPS) is 18.7. The Hall–Kier alpha value is -1.49. The maximum absolute atomic E-state index is 12.8. The molecule has 0 saturated heterocycles. The number of benzene rings is 1. The Morgan fingerprint density at radius 3 is 2.35 bits per heavy atom. The summed E-state index contributed by atoms with van der Waals surface area (Å²) >= 11 is 5.57. The average molecular weight is 344 g/mol. The van der Waals surface area contributed by atoms with Gasteiger partial charge in [0.2, 0.25) is 5.91 Å². The third kappa shape index (κ3) is 4.28. The van der Waals surface area contributed by atoms with Gasteiger partial charge < -0.3 is 5.32 Å². The van der Waals surface area contributed by atoms with Gasteiger partial charge in [0.15, 0.2) is 0 Å². The van der Waals surface area contributed by atoms with Gasteiger partial charge >= 0.3 is 6.18 Å². The minimum Gasteiger partial charge on any atom is -0.349 e. The zero-order valence-electron chi connectivity index (χ0n) is 12.4. The van der Waals surface area contributed by atoms with Gasteiger partial charge in [0.05, 0.1) is 10.6 Å². The molecule has 2 nitrogen and oxygen atoms in total. The standard InChI is InChI=1S/C17H17ClF3NO/c18-14-7-1-10(9-13(14)17(19,20)21)2-8-15(23)22-16(11-3-4-11)12-5-6-12/h1-2,7-9,11-12,16H,3-6H2,(H,22,23)/b8-2+. The molecule has 1 amide bonds. The van der Waals surface area contributed by atoms with E-state index in [0.29, 0.717) is 17.4 Å². The average Bonchev–Trinajstić information content (AvgIpc) is 3.36. The van der Waals surface area contributed by atoms with E-state index < -0.39 is 11.7 Å². The second kappa shape index (κ2) is 6.19. The van der Waals surface area contributed by atoms with E-state index in [1.807, 2.05) is 0 Å². The van der Waals surface area contributed by atoms with Crippen molar-refractivity contribution in [2.75, 3.05) is 0 Å². The number of carbonyl (C=O) groups excluding carboxylic acids is 1. The number of carbonyl (C=O) groups is 1. The Balaban J connectivity index is 1.66. The molecule has 23 heavy (non-hydrogen) atoms. The Morgan fingerprint density at radius 1 is 1.22 bits per heavy atom. The Labute approximate surface area is 137 Å². The molecule has 0 bridgehead atoms. The van der Waals surface area contributed by atoms with Crippen LogP contribution in [0.25, 0.3) is 6.08 Å². The van der Waals surface area contributed by atoms with Gasteiger partial charge in [-0.25, -0.2) is 0 Å². The molecule has 1 aromatic rings. The van der Waals surface area contributed by atoms with Crippen LogP contribution < -0.4 is 5.32 Å². The molecule has 6 heteroatoms. The van der Waals surface area contributed by atoms with E-state index in [1.54, 1.807) is 0 Å². The van der Waals surface area contributed by atoms with Crippen LogP contribution in [0.2, 0.25) is 5.02 Å². The van der Waals surface area contributed by atoms with Crippen LogP contribution in [0, 0.1) is 11.8 Å². The summed E-state index contributed by atoms with van der Waals surface area (Å²) in [6.07, 6.45) is 2.77. The largest absolute Gasteiger partial charge is 0.417 e. The molecule has 2 fully saturated rings. The highest BCUT2D eigenvalue weighted by molar-refractivity contribution is 6.31. The lowest BCUT2D eigenvalue weighted by molar-refractivity contribution is -0.137. The molecule has 124 valence electrons. The summed E-state index contributed by atoms with van der Waals surface area (Å²) < 4.78 is 38.4. The topological polar surface area (TPSA) is 29.1 Å². The number of halogens is 4. The fourth-order valence-corrected chi connectivity index (χ4v) is 3.00. The third-order valence-electron chi connectivity index (χ3n) is 4.29. The van der Waals surface area contributed by atoms with Gasteiger partial charge in [0.1, 0.15) is 0 Å². The summed E-state index contributed by atoms with van der Waals surface area (Å²) in [5.41, 5.74) is -0.596. The van der Waals surface area contributed by atoms with E-state index >= 15 is 0 Å². The number of hydrogen-bond acceptors (Lipinski definition) is 1. The summed E-state index contributed by atoms with van der Waals surface area (Å²) in [5.74, 6) is 0.900. The van der Waals surface area contributed by atoms with Crippen LogP contribution in [-0.2, 0) is 11.0 Å². The van der Waals surface area contributed by atoms with Crippen LogP contribution in [0.4, 0.5) is 13.2 Å². The monoisotopic (exact) mass is 343 g/mol. The Bertz CT molecular complexity index is 621. The zero-order chi connectivity index (χ0) is 16.6. The van der Waals surface area contributed by atoms with Gasteiger partial charge in [-0.2, -0.15) is 13.2 Å². The molecule has 0 spiro atoms. The number of alkyl halides is 3. The minimum atomic E-state index is -4.51. The molecule has 0 heterocycles. The highest BCUT2D eigenvalue weighted by atomic mass is 35.5. The van der Waals surface area contributed by atoms with E-state index in [1.165, 1.54) is 24.3 Å². The van der Waals surface area contributed by atoms with Crippen molar-refractivity contribution in [2.45, 2.75) is 37.9 Å². The first-order valence-corrected chi connectivity index (χ1v) is 8.08. The van der Waals surface area contributed by atoms with Crippen molar-refractivity contribution in [3.05, 3.63) is 40.4 Å². The van der Waals surface area contributed by atoms with Gasteiger partial charge in [-0.3, -0.25) is 4.79 Å². The summed E-state index contributed by atoms with van der Waals surface area (Å²) in [7, 11) is 0. The lowest BCUT2D eigenvalue weighted by Gasteiger charge is -2.16. The molecule has 1 N–H and O–H groups in total. The van der Waals surface area contributed by atoms with Crippen LogP contribution in [0.15, 0.2) is 24.3 Å². The molecule has 0 atom stereocenters. The molecular formula is C17H17ClF3NO. The van der Waals surface area contributed by atoms with E-state index in [4.69, 9.17) is 11.6 Å². The van der Waals surface area contributed by atoms with Crippen molar-refractivity contribution in [1.29, 1.82) is 0 Å². The quantitative estimate of drug-likeness (QED) is 0.773. The van der Waals surface area contributed by atoms with Crippen molar-refractivity contribution in [1.82, 2.24) is 5.32 Å². The molecule has 0 aliphatic heterocycles. The van der Waals surface area contributed by atoms with Crippen molar-refractivity contribution < 1.29 is 18.0 Å². The number of amides is 1. The number of hydrogen-bond donors (Lipinski definition) is 1. The van der Waals surface area contributed by atoms with Gasteiger partial charge in [-0.05, 0) is 61.3 Å². The Morgan fingerprint density at radius 2 is 1.83 bits per heavy atom. The van der Waals surface area contributed by atoms with Gasteiger partial charge in [0, 0.05) is 12.1 Å². The van der Waals surface area contributed by atoms with Crippen LogP contribution >= 0.6 is 11.6 Å². The van der Waals surface area contributed by atoms with E-state index in [-0.39, 0.29) is 17.0 Å². The maximum Gasteiger partial charge on any atom is 0.417 e. The van der Waals surface area contributed by atoms with Crippen LogP contribution in [0.5, 0.6) is 0 Å². The highest BCUT2D eigenvalue weighted by Gasteiger charge is 2.41. The van der Waals surface area contributed by atoms with Crippen molar-refractivity contribution >= 4 is 23.6 Å². The first-order valence-electron chi connectivity index (χ1n) is 7.70. The molecule has 0 unspecified atom stereocenters. The van der Waals surface area contributed by atoms with Gasteiger partial charge in [-0.1, -0.05) is 17.7 Å². The molecule has 0 aromatic heterocycles. The second-order valence-electron chi connectivity index (χ2n) is 6.28. The predicted molar refractivity (Wildman–Crippen MR) is 82.9 cm³/mol. The van der Waals surface area contributed by atoms with E-state index in [2.05, 4.69) is 5.32 Å². The summed E-state index contributed by atoms with van der Waals surface area (Å²) in [4.78, 5) is 12.0. The van der Waals surface area contributed by atoms with E-state index in [0.717, 1.165) is 31.7 Å². The molecule has 3 rings (SSSR count). The zero-order valence-corrected chi connectivity index (χ0v) is 13.1. The third-order valence-corrected chi connectivity index (χ3v) is 4.62.